The highest BCUT2D eigenvalue weighted by molar-refractivity contribution is 6.03. The summed E-state index contributed by atoms with van der Waals surface area (Å²) in [6, 6.07) is 14.5. The van der Waals surface area contributed by atoms with Crippen molar-refractivity contribution < 1.29 is 14.7 Å². The van der Waals surface area contributed by atoms with Crippen LogP contribution in [0.15, 0.2) is 42.5 Å². The lowest BCUT2D eigenvalue weighted by Crippen LogP contribution is -2.54. The number of fused-ring (bicyclic) bond motifs is 2. The molecule has 41 heavy (non-hydrogen) atoms. The molecule has 2 fully saturated rings. The van der Waals surface area contributed by atoms with Gasteiger partial charge in [-0.1, -0.05) is 24.3 Å². The van der Waals surface area contributed by atoms with Gasteiger partial charge < -0.3 is 30.0 Å². The van der Waals surface area contributed by atoms with Crippen LogP contribution in [0.3, 0.4) is 0 Å². The highest BCUT2D eigenvalue weighted by Crippen LogP contribution is 2.50. The molecule has 4 aliphatic rings. The van der Waals surface area contributed by atoms with E-state index < -0.39 is 6.10 Å². The van der Waals surface area contributed by atoms with E-state index in [0.717, 1.165) is 51.1 Å². The lowest BCUT2D eigenvalue weighted by molar-refractivity contribution is -0.0231. The van der Waals surface area contributed by atoms with Crippen molar-refractivity contribution in [2.75, 3.05) is 58.3 Å². The monoisotopic (exact) mass is 559 g/mol. The standard InChI is InChI=1S/C33H45N5O3/c1-4-36-15-16-38(22-30(39)28-17-23-7-5-6-8-25(23)21-34-28)32(41)27-10-9-24(18-29(27)36)31(40)37-13-11-33(12-14-37)19-26(20-33)35(2)3/h5-10,18,26,28,30,34,39H,4,11-17,19-22H2,1-3H3/t28-,30+/m0/s1. The molecule has 3 aliphatic heterocycles. The molecule has 2 aromatic rings. The van der Waals surface area contributed by atoms with E-state index in [-0.39, 0.29) is 24.4 Å². The van der Waals surface area contributed by atoms with Crippen LogP contribution in [0.4, 0.5) is 5.69 Å². The third-order valence-corrected chi connectivity index (χ3v) is 10.3. The highest BCUT2D eigenvalue weighted by Gasteiger charge is 2.47. The summed E-state index contributed by atoms with van der Waals surface area (Å²) in [5.41, 5.74) is 5.03. The van der Waals surface area contributed by atoms with Gasteiger partial charge in [-0.2, -0.15) is 0 Å². The second-order valence-electron chi connectivity index (χ2n) is 12.9. The van der Waals surface area contributed by atoms with Crippen LogP contribution in [0, 0.1) is 5.41 Å². The second-order valence-corrected chi connectivity index (χ2v) is 12.9. The Kier molecular flexibility index (Phi) is 7.83. The minimum absolute atomic E-state index is 0.0646. The summed E-state index contributed by atoms with van der Waals surface area (Å²) >= 11 is 0. The van der Waals surface area contributed by atoms with E-state index in [2.05, 4.69) is 48.3 Å². The first-order valence-electron chi connectivity index (χ1n) is 15.4. The zero-order valence-electron chi connectivity index (χ0n) is 24.8. The fourth-order valence-electron chi connectivity index (χ4n) is 7.43. The van der Waals surface area contributed by atoms with Gasteiger partial charge >= 0.3 is 0 Å². The molecule has 220 valence electrons. The van der Waals surface area contributed by atoms with Crippen molar-refractivity contribution in [3.63, 3.8) is 0 Å². The van der Waals surface area contributed by atoms with Crippen molar-refractivity contribution >= 4 is 17.5 Å². The number of β-amino-alcohol motifs (C(OH)–C–C–N with tert-alkyl or cyclic N) is 1. The van der Waals surface area contributed by atoms with Crippen LogP contribution < -0.4 is 10.2 Å². The summed E-state index contributed by atoms with van der Waals surface area (Å²) < 4.78 is 0. The molecular formula is C33H45N5O3. The van der Waals surface area contributed by atoms with Crippen LogP contribution in [-0.2, 0) is 13.0 Å². The molecule has 1 aliphatic carbocycles. The topological polar surface area (TPSA) is 79.4 Å². The number of carbonyl (C=O) groups is 2. The smallest absolute Gasteiger partial charge is 0.256 e. The van der Waals surface area contributed by atoms with E-state index >= 15 is 0 Å². The van der Waals surface area contributed by atoms with Crippen molar-refractivity contribution in [3.8, 4) is 0 Å². The number of aliphatic hydroxyl groups is 1. The number of likely N-dealkylation sites (N-methyl/N-ethyl adjacent to an activating group) is 1. The SMILES string of the molecule is CCN1CCN(C[C@@H](O)[C@@H]2Cc3ccccc3CN2)C(=O)c2ccc(C(=O)N3CCC4(CC3)CC(N(C)C)C4)cc21. The number of hydrogen-bond acceptors (Lipinski definition) is 6. The van der Waals surface area contributed by atoms with Crippen molar-refractivity contribution in [3.05, 3.63) is 64.7 Å². The average Bonchev–Trinajstić information content (AvgIpc) is 3.10. The Bertz CT molecular complexity index is 1280. The molecule has 0 radical (unpaired) electrons. The largest absolute Gasteiger partial charge is 0.390 e. The van der Waals surface area contributed by atoms with Crippen LogP contribution in [0.25, 0.3) is 0 Å². The maximum Gasteiger partial charge on any atom is 0.256 e. The van der Waals surface area contributed by atoms with Crippen LogP contribution in [0.1, 0.15) is 64.4 Å². The molecule has 0 aromatic heterocycles. The predicted octanol–water partition coefficient (Wildman–Crippen LogP) is 2.99. The summed E-state index contributed by atoms with van der Waals surface area (Å²) in [4.78, 5) is 35.6. The van der Waals surface area contributed by atoms with Crippen molar-refractivity contribution in [1.29, 1.82) is 0 Å². The number of amides is 2. The molecular weight excluding hydrogens is 514 g/mol. The lowest BCUT2D eigenvalue weighted by Gasteiger charge is -2.54. The molecule has 2 amide bonds. The summed E-state index contributed by atoms with van der Waals surface area (Å²) in [6.45, 7) is 6.64. The van der Waals surface area contributed by atoms with Crippen molar-refractivity contribution in [2.24, 2.45) is 5.41 Å². The van der Waals surface area contributed by atoms with E-state index in [1.165, 1.54) is 24.0 Å². The van der Waals surface area contributed by atoms with Gasteiger partial charge in [0.05, 0.1) is 17.4 Å². The van der Waals surface area contributed by atoms with Gasteiger partial charge in [0.2, 0.25) is 0 Å². The van der Waals surface area contributed by atoms with E-state index in [9.17, 15) is 14.7 Å². The van der Waals surface area contributed by atoms with Crippen molar-refractivity contribution in [1.82, 2.24) is 20.0 Å². The number of hydrogen-bond donors (Lipinski definition) is 2. The lowest BCUT2D eigenvalue weighted by atomic mass is 9.60. The van der Waals surface area contributed by atoms with E-state index in [4.69, 9.17) is 0 Å². The van der Waals surface area contributed by atoms with Crippen molar-refractivity contribution in [2.45, 2.75) is 63.8 Å². The first-order valence-corrected chi connectivity index (χ1v) is 15.4. The molecule has 8 heteroatoms. The molecule has 1 spiro atoms. The van der Waals surface area contributed by atoms with E-state index in [1.807, 2.05) is 35.2 Å². The van der Waals surface area contributed by atoms with Crippen LogP contribution >= 0.6 is 0 Å². The number of nitrogens with zero attached hydrogens (tertiary/aromatic N) is 4. The number of nitrogens with one attached hydrogen (secondary N) is 1. The average molecular weight is 560 g/mol. The maximum atomic E-state index is 13.8. The first-order chi connectivity index (χ1) is 19.8. The zero-order valence-corrected chi connectivity index (χ0v) is 24.8. The third kappa shape index (κ3) is 5.49. The third-order valence-electron chi connectivity index (χ3n) is 10.3. The van der Waals surface area contributed by atoms with Crippen LogP contribution in [0.5, 0.6) is 0 Å². The molecule has 2 N–H and O–H groups in total. The number of likely N-dealkylation sites (tertiary alicyclic amines) is 1. The Morgan fingerprint density at radius 3 is 2.46 bits per heavy atom. The quantitative estimate of drug-likeness (QED) is 0.567. The van der Waals surface area contributed by atoms with Crippen LogP contribution in [-0.4, -0.2) is 103 Å². The summed E-state index contributed by atoms with van der Waals surface area (Å²) in [6.07, 6.45) is 4.71. The van der Waals surface area contributed by atoms with Gasteiger partial charge in [0.25, 0.3) is 11.8 Å². The van der Waals surface area contributed by atoms with Gasteiger partial charge in [0, 0.05) is 63.5 Å². The van der Waals surface area contributed by atoms with Gasteiger partial charge in [-0.25, -0.2) is 0 Å². The molecule has 1 saturated heterocycles. The molecule has 2 aromatic carbocycles. The summed E-state index contributed by atoms with van der Waals surface area (Å²) in [5.74, 6) is -0.0135. The predicted molar refractivity (Wildman–Crippen MR) is 161 cm³/mol. The van der Waals surface area contributed by atoms with Gasteiger partial charge in [-0.05, 0) is 87.9 Å². The molecule has 2 atom stereocenters. The van der Waals surface area contributed by atoms with E-state index in [1.54, 1.807) is 4.90 Å². The number of rotatable bonds is 6. The Balaban J connectivity index is 1.13. The minimum atomic E-state index is -0.671. The van der Waals surface area contributed by atoms with Gasteiger partial charge in [-0.15, -0.1) is 0 Å². The Labute approximate surface area is 244 Å². The number of anilines is 1. The minimum Gasteiger partial charge on any atom is -0.390 e. The molecule has 0 unspecified atom stereocenters. The Hall–Kier alpha value is -2.94. The highest BCUT2D eigenvalue weighted by atomic mass is 16.3. The second kappa shape index (κ2) is 11.4. The first kappa shape index (κ1) is 28.2. The molecule has 8 nitrogen and oxygen atoms in total. The molecule has 0 bridgehead atoms. The Morgan fingerprint density at radius 2 is 1.76 bits per heavy atom. The van der Waals surface area contributed by atoms with Gasteiger partial charge in [0.15, 0.2) is 0 Å². The van der Waals surface area contributed by atoms with Gasteiger partial charge in [-0.3, -0.25) is 9.59 Å². The zero-order chi connectivity index (χ0) is 28.7. The molecule has 1 saturated carbocycles. The summed E-state index contributed by atoms with van der Waals surface area (Å²) in [5, 5.41) is 14.6. The number of benzene rings is 2. The fraction of sp³-hybridized carbons (Fsp3) is 0.576. The van der Waals surface area contributed by atoms with Gasteiger partial charge in [0.1, 0.15) is 0 Å². The maximum absolute atomic E-state index is 13.8. The normalized spacial score (nSPS) is 23.2. The number of carbonyl (C=O) groups excluding carboxylic acids is 2. The summed E-state index contributed by atoms with van der Waals surface area (Å²) in [7, 11) is 4.32. The number of piperidine rings is 1. The fourth-order valence-corrected chi connectivity index (χ4v) is 7.43. The van der Waals surface area contributed by atoms with Crippen LogP contribution in [0.2, 0.25) is 0 Å². The molecule has 6 rings (SSSR count). The molecule has 3 heterocycles. The van der Waals surface area contributed by atoms with E-state index in [0.29, 0.717) is 35.7 Å². The Morgan fingerprint density at radius 1 is 1.05 bits per heavy atom. The number of aliphatic hydroxyl groups excluding tert-OH is 1.